The van der Waals surface area contributed by atoms with Crippen molar-refractivity contribution in [3.05, 3.63) is 9.81 Å². The first-order valence-electron chi connectivity index (χ1n) is 4.41. The van der Waals surface area contributed by atoms with Gasteiger partial charge in [0.1, 0.15) is 0 Å². The van der Waals surface area contributed by atoms with Crippen molar-refractivity contribution in [1.29, 1.82) is 0 Å². The molecule has 0 aromatic rings. The van der Waals surface area contributed by atoms with Crippen LogP contribution in [0.15, 0.2) is 10.4 Å². The molecule has 0 N–H and O–H groups in total. The molecule has 0 aliphatic rings. The Morgan fingerprint density at radius 2 is 1.92 bits per heavy atom. The van der Waals surface area contributed by atoms with E-state index in [-0.39, 0.29) is 18.5 Å². The maximum atomic E-state index is 10.3. The average Bonchev–Trinajstić information content (AvgIpc) is 2.07. The molecule has 0 bridgehead atoms. The Hall–Kier alpha value is -0.800. The van der Waals surface area contributed by atoms with Gasteiger partial charge < -0.3 is 0 Å². The van der Waals surface area contributed by atoms with Gasteiger partial charge in [-0.15, -0.1) is 0 Å². The van der Waals surface area contributed by atoms with Gasteiger partial charge in [0.25, 0.3) is 0 Å². The SMILES string of the molecule is CCCC(CN=O)C(CC)N=O. The molecule has 0 heterocycles. The molecular weight excluding hydrogens is 156 g/mol. The Labute approximate surface area is 72.7 Å². The zero-order chi connectivity index (χ0) is 9.40. The van der Waals surface area contributed by atoms with Gasteiger partial charge in [-0.25, -0.2) is 0 Å². The summed E-state index contributed by atoms with van der Waals surface area (Å²) in [5, 5.41) is 5.82. The summed E-state index contributed by atoms with van der Waals surface area (Å²) in [6.07, 6.45) is 2.52. The van der Waals surface area contributed by atoms with Crippen LogP contribution in [0.4, 0.5) is 0 Å². The molecule has 4 heteroatoms. The van der Waals surface area contributed by atoms with E-state index < -0.39 is 0 Å². The molecule has 0 amide bonds. The summed E-state index contributed by atoms with van der Waals surface area (Å²) in [5.41, 5.74) is 0. The molecule has 2 atom stereocenters. The van der Waals surface area contributed by atoms with Crippen molar-refractivity contribution in [3.63, 3.8) is 0 Å². The van der Waals surface area contributed by atoms with Crippen molar-refractivity contribution >= 4 is 0 Å². The highest BCUT2D eigenvalue weighted by atomic mass is 16.3. The van der Waals surface area contributed by atoms with Crippen molar-refractivity contribution in [2.45, 2.75) is 39.2 Å². The molecule has 70 valence electrons. The average molecular weight is 172 g/mol. The Bertz CT molecular complexity index is 139. The number of nitrogens with zero attached hydrogens (tertiary/aromatic N) is 2. The molecule has 0 rings (SSSR count). The van der Waals surface area contributed by atoms with Crippen LogP contribution < -0.4 is 0 Å². The van der Waals surface area contributed by atoms with Crippen molar-refractivity contribution in [1.82, 2.24) is 0 Å². The van der Waals surface area contributed by atoms with Crippen LogP contribution in [0.3, 0.4) is 0 Å². The highest BCUT2D eigenvalue weighted by Gasteiger charge is 2.19. The van der Waals surface area contributed by atoms with Crippen molar-refractivity contribution < 1.29 is 0 Å². The first kappa shape index (κ1) is 11.2. The van der Waals surface area contributed by atoms with E-state index >= 15 is 0 Å². The molecule has 0 radical (unpaired) electrons. The summed E-state index contributed by atoms with van der Waals surface area (Å²) in [4.78, 5) is 20.4. The van der Waals surface area contributed by atoms with Crippen molar-refractivity contribution in [2.75, 3.05) is 6.54 Å². The molecule has 0 saturated carbocycles. The number of hydrogen-bond donors (Lipinski definition) is 0. The fourth-order valence-corrected chi connectivity index (χ4v) is 1.37. The summed E-state index contributed by atoms with van der Waals surface area (Å²) in [5.74, 6) is 0.0509. The molecule has 0 aromatic carbocycles. The summed E-state index contributed by atoms with van der Waals surface area (Å²) >= 11 is 0. The van der Waals surface area contributed by atoms with Gasteiger partial charge in [-0.1, -0.05) is 30.6 Å². The standard InChI is InChI=1S/C8H16N2O2/c1-3-5-7(6-9-11)8(4-2)10-12/h7-8H,3-6H2,1-2H3. The van der Waals surface area contributed by atoms with Crippen LogP contribution in [0.2, 0.25) is 0 Å². The fourth-order valence-electron chi connectivity index (χ4n) is 1.37. The van der Waals surface area contributed by atoms with Gasteiger partial charge in [-0.05, 0) is 12.8 Å². The number of rotatable bonds is 7. The minimum Gasteiger partial charge on any atom is -0.151 e. The van der Waals surface area contributed by atoms with Crippen LogP contribution in [0.5, 0.6) is 0 Å². The minimum atomic E-state index is -0.234. The Kier molecular flexibility index (Phi) is 6.42. The Morgan fingerprint density at radius 3 is 2.25 bits per heavy atom. The monoisotopic (exact) mass is 172 g/mol. The number of hydrogen-bond acceptors (Lipinski definition) is 4. The van der Waals surface area contributed by atoms with Crippen LogP contribution >= 0.6 is 0 Å². The number of nitroso groups, excluding NO2 is 2. The first-order chi connectivity index (χ1) is 5.79. The van der Waals surface area contributed by atoms with Crippen molar-refractivity contribution in [3.8, 4) is 0 Å². The van der Waals surface area contributed by atoms with Gasteiger partial charge in [0.15, 0.2) is 0 Å². The molecule has 12 heavy (non-hydrogen) atoms. The molecule has 0 aliphatic heterocycles. The first-order valence-corrected chi connectivity index (χ1v) is 4.41. The lowest BCUT2D eigenvalue weighted by molar-refractivity contribution is 0.390. The third kappa shape index (κ3) is 3.55. The summed E-state index contributed by atoms with van der Waals surface area (Å²) < 4.78 is 0. The van der Waals surface area contributed by atoms with Gasteiger partial charge in [0, 0.05) is 5.92 Å². The van der Waals surface area contributed by atoms with Crippen LogP contribution in [0.1, 0.15) is 33.1 Å². The second-order valence-corrected chi connectivity index (χ2v) is 2.94. The lowest BCUT2D eigenvalue weighted by Gasteiger charge is -2.16. The van der Waals surface area contributed by atoms with Crippen LogP contribution in [-0.4, -0.2) is 12.6 Å². The molecule has 0 aromatic heterocycles. The molecular formula is C8H16N2O2. The smallest absolute Gasteiger partial charge is 0.0964 e. The predicted octanol–water partition coefficient (Wildman–Crippen LogP) is 2.71. The molecule has 4 nitrogen and oxygen atoms in total. The van der Waals surface area contributed by atoms with E-state index in [2.05, 4.69) is 10.4 Å². The van der Waals surface area contributed by atoms with Gasteiger partial charge in [-0.3, -0.25) is 0 Å². The quantitative estimate of drug-likeness (QED) is 0.554. The van der Waals surface area contributed by atoms with E-state index in [4.69, 9.17) is 0 Å². The predicted molar refractivity (Wildman–Crippen MR) is 48.9 cm³/mol. The van der Waals surface area contributed by atoms with Crippen LogP contribution in [0.25, 0.3) is 0 Å². The van der Waals surface area contributed by atoms with Crippen LogP contribution in [0, 0.1) is 15.7 Å². The maximum Gasteiger partial charge on any atom is 0.0964 e. The van der Waals surface area contributed by atoms with E-state index in [1.54, 1.807) is 0 Å². The largest absolute Gasteiger partial charge is 0.151 e. The van der Waals surface area contributed by atoms with Gasteiger partial charge in [0.05, 0.1) is 12.6 Å². The second kappa shape index (κ2) is 6.88. The van der Waals surface area contributed by atoms with E-state index in [1.165, 1.54) is 0 Å². The van der Waals surface area contributed by atoms with Crippen molar-refractivity contribution in [2.24, 2.45) is 16.3 Å². The third-order valence-electron chi connectivity index (χ3n) is 2.07. The van der Waals surface area contributed by atoms with E-state index in [9.17, 15) is 9.81 Å². The Morgan fingerprint density at radius 1 is 1.25 bits per heavy atom. The highest BCUT2D eigenvalue weighted by Crippen LogP contribution is 2.17. The van der Waals surface area contributed by atoms with E-state index in [1.807, 2.05) is 13.8 Å². The lowest BCUT2D eigenvalue weighted by Crippen LogP contribution is -2.20. The van der Waals surface area contributed by atoms with E-state index in [0.29, 0.717) is 6.42 Å². The maximum absolute atomic E-state index is 10.3. The lowest BCUT2D eigenvalue weighted by atomic mass is 9.94. The zero-order valence-electron chi connectivity index (χ0n) is 7.69. The molecule has 0 aliphatic carbocycles. The topological polar surface area (TPSA) is 58.9 Å². The van der Waals surface area contributed by atoms with Crippen LogP contribution in [-0.2, 0) is 0 Å². The molecule has 0 saturated heterocycles. The third-order valence-corrected chi connectivity index (χ3v) is 2.07. The zero-order valence-corrected chi connectivity index (χ0v) is 7.69. The molecule has 0 spiro atoms. The molecule has 0 fully saturated rings. The highest BCUT2D eigenvalue weighted by molar-refractivity contribution is 4.75. The van der Waals surface area contributed by atoms with Gasteiger partial charge >= 0.3 is 0 Å². The minimum absolute atomic E-state index is 0.0509. The summed E-state index contributed by atoms with van der Waals surface area (Å²) in [6, 6.07) is -0.234. The van der Waals surface area contributed by atoms with Gasteiger partial charge in [-0.2, -0.15) is 9.81 Å². The molecule has 2 unspecified atom stereocenters. The fraction of sp³-hybridized carbons (Fsp3) is 1.00. The van der Waals surface area contributed by atoms with Gasteiger partial charge in [0.2, 0.25) is 0 Å². The van der Waals surface area contributed by atoms with E-state index in [0.717, 1.165) is 12.8 Å². The summed E-state index contributed by atoms with van der Waals surface area (Å²) in [7, 11) is 0. The second-order valence-electron chi connectivity index (χ2n) is 2.94. The Balaban J connectivity index is 4.03. The normalized spacial score (nSPS) is 15.2. The summed E-state index contributed by atoms with van der Waals surface area (Å²) in [6.45, 7) is 4.15.